The van der Waals surface area contributed by atoms with E-state index in [0.717, 1.165) is 34.2 Å². The Kier molecular flexibility index (Phi) is 6.07. The van der Waals surface area contributed by atoms with Gasteiger partial charge in [0, 0.05) is 12.4 Å². The topological polar surface area (TPSA) is 86.8 Å². The van der Waals surface area contributed by atoms with Gasteiger partial charge in [-0.05, 0) is 53.8 Å². The molecular weight excluding hydrogens is 408 g/mol. The van der Waals surface area contributed by atoms with Crippen molar-refractivity contribution in [3.63, 3.8) is 0 Å². The average molecular weight is 432 g/mol. The molecule has 7 heteroatoms. The highest BCUT2D eigenvalue weighted by Gasteiger charge is 2.28. The van der Waals surface area contributed by atoms with Crippen LogP contribution in [-0.4, -0.2) is 44.7 Å². The zero-order valence-corrected chi connectivity index (χ0v) is 18.2. The number of methoxy groups -OCH3 is 2. The zero-order chi connectivity index (χ0) is 22.7. The minimum Gasteiger partial charge on any atom is -0.493 e. The van der Waals surface area contributed by atoms with E-state index in [1.807, 2.05) is 42.5 Å². The van der Waals surface area contributed by atoms with E-state index >= 15 is 0 Å². The van der Waals surface area contributed by atoms with Crippen molar-refractivity contribution in [3.8, 4) is 11.5 Å². The van der Waals surface area contributed by atoms with Crippen molar-refractivity contribution in [3.05, 3.63) is 64.8 Å². The maximum Gasteiger partial charge on any atom is 0.339 e. The van der Waals surface area contributed by atoms with Gasteiger partial charge in [-0.15, -0.1) is 0 Å². The number of fused-ring (bicyclic) bond motifs is 2. The summed E-state index contributed by atoms with van der Waals surface area (Å²) in [4.78, 5) is 29.4. The summed E-state index contributed by atoms with van der Waals surface area (Å²) in [6.07, 6.45) is 3.45. The van der Waals surface area contributed by atoms with Crippen LogP contribution < -0.4 is 14.8 Å². The fourth-order valence-electron chi connectivity index (χ4n) is 3.93. The minimum absolute atomic E-state index is 0.324. The second-order valence-electron chi connectivity index (χ2n) is 7.36. The molecule has 0 aliphatic heterocycles. The van der Waals surface area contributed by atoms with E-state index in [0.29, 0.717) is 29.0 Å². The molecule has 164 valence electrons. The predicted octanol–water partition coefficient (Wildman–Crippen LogP) is 3.64. The third kappa shape index (κ3) is 4.01. The highest BCUT2D eigenvalue weighted by Crippen LogP contribution is 2.38. The number of benzene rings is 2. The van der Waals surface area contributed by atoms with Gasteiger partial charge < -0.3 is 19.5 Å². The number of nitrogens with zero attached hydrogens (tertiary/aromatic N) is 1. The van der Waals surface area contributed by atoms with Crippen LogP contribution in [0.3, 0.4) is 0 Å². The zero-order valence-electron chi connectivity index (χ0n) is 18.2. The summed E-state index contributed by atoms with van der Waals surface area (Å²) in [5, 5.41) is 3.18. The van der Waals surface area contributed by atoms with Crippen LogP contribution >= 0.6 is 0 Å². The van der Waals surface area contributed by atoms with Crippen LogP contribution in [-0.2, 0) is 16.0 Å². The summed E-state index contributed by atoms with van der Waals surface area (Å²) in [6.45, 7) is -0.324. The number of para-hydroxylation sites is 1. The molecule has 1 aliphatic rings. The number of carbonyl (C=O) groups is 2. The Hall–Kier alpha value is -3.87. The molecule has 0 radical (unpaired) electrons. The SMILES string of the molecule is CNC(=O)COC(=O)c1c2c(nc3ccccc13)/C(=C\c1ccc(OC)c(OC)c1)CC2. The fourth-order valence-corrected chi connectivity index (χ4v) is 3.93. The molecule has 0 atom stereocenters. The van der Waals surface area contributed by atoms with Crippen LogP contribution in [0.2, 0.25) is 0 Å². The molecule has 1 aromatic heterocycles. The molecule has 0 fully saturated rings. The van der Waals surface area contributed by atoms with Gasteiger partial charge in [0.15, 0.2) is 18.1 Å². The molecule has 0 bridgehead atoms. The molecule has 1 aliphatic carbocycles. The summed E-state index contributed by atoms with van der Waals surface area (Å²) >= 11 is 0. The first kappa shape index (κ1) is 21.4. The molecule has 0 spiro atoms. The Morgan fingerprint density at radius 1 is 1.06 bits per heavy atom. The van der Waals surface area contributed by atoms with Crippen molar-refractivity contribution in [2.75, 3.05) is 27.9 Å². The Labute approximate surface area is 186 Å². The molecule has 0 saturated heterocycles. The molecule has 3 aromatic rings. The van der Waals surface area contributed by atoms with Crippen molar-refractivity contribution in [2.24, 2.45) is 0 Å². The maximum atomic E-state index is 13.0. The molecule has 0 unspecified atom stereocenters. The van der Waals surface area contributed by atoms with E-state index < -0.39 is 5.97 Å². The lowest BCUT2D eigenvalue weighted by Gasteiger charge is -2.12. The number of allylic oxidation sites excluding steroid dienone is 1. The number of hydrogen-bond acceptors (Lipinski definition) is 6. The molecule has 1 amide bonds. The number of carbonyl (C=O) groups excluding carboxylic acids is 2. The first-order chi connectivity index (χ1) is 15.5. The van der Waals surface area contributed by atoms with Crippen molar-refractivity contribution < 1.29 is 23.8 Å². The number of ether oxygens (including phenoxy) is 3. The average Bonchev–Trinajstić information content (AvgIpc) is 3.22. The molecule has 4 rings (SSSR count). The Morgan fingerprint density at radius 2 is 1.84 bits per heavy atom. The van der Waals surface area contributed by atoms with Crippen LogP contribution in [0.15, 0.2) is 42.5 Å². The van der Waals surface area contributed by atoms with Gasteiger partial charge >= 0.3 is 5.97 Å². The Bertz CT molecular complexity index is 1230. The largest absolute Gasteiger partial charge is 0.493 e. The molecule has 32 heavy (non-hydrogen) atoms. The van der Waals surface area contributed by atoms with Crippen LogP contribution in [0, 0.1) is 0 Å². The molecular formula is C25H24N2O5. The summed E-state index contributed by atoms with van der Waals surface area (Å²) in [5.41, 5.74) is 4.79. The molecule has 0 saturated carbocycles. The number of esters is 1. The van der Waals surface area contributed by atoms with E-state index in [1.54, 1.807) is 14.2 Å². The van der Waals surface area contributed by atoms with Gasteiger partial charge in [-0.1, -0.05) is 24.3 Å². The molecule has 7 nitrogen and oxygen atoms in total. The van der Waals surface area contributed by atoms with Gasteiger partial charge in [0.2, 0.25) is 0 Å². The highest BCUT2D eigenvalue weighted by molar-refractivity contribution is 6.07. The molecule has 2 aromatic carbocycles. The standard InChI is InChI=1S/C25H24N2O5/c1-26-22(28)14-32-25(29)23-17-6-4-5-7-19(17)27-24-16(9-10-18(23)24)12-15-8-11-20(30-2)21(13-15)31-3/h4-8,11-13H,9-10,14H2,1-3H3,(H,26,28)/b16-12-. The quantitative estimate of drug-likeness (QED) is 0.599. The number of rotatable bonds is 6. The van der Waals surface area contributed by atoms with Crippen molar-refractivity contribution in [2.45, 2.75) is 12.8 Å². The van der Waals surface area contributed by atoms with Gasteiger partial charge in [0.25, 0.3) is 5.91 Å². The number of aromatic nitrogens is 1. The first-order valence-electron chi connectivity index (χ1n) is 10.3. The lowest BCUT2D eigenvalue weighted by atomic mass is 10.0. The number of nitrogens with one attached hydrogen (secondary N) is 1. The lowest BCUT2D eigenvalue weighted by molar-refractivity contribution is -0.123. The van der Waals surface area contributed by atoms with Crippen molar-refractivity contribution in [1.29, 1.82) is 0 Å². The van der Waals surface area contributed by atoms with E-state index in [4.69, 9.17) is 19.2 Å². The predicted molar refractivity (Wildman–Crippen MR) is 122 cm³/mol. The van der Waals surface area contributed by atoms with E-state index in [-0.39, 0.29) is 12.5 Å². The third-order valence-electron chi connectivity index (χ3n) is 5.51. The minimum atomic E-state index is -0.518. The Balaban J connectivity index is 1.78. The number of hydrogen-bond donors (Lipinski definition) is 1. The summed E-state index contributed by atoms with van der Waals surface area (Å²) in [5.74, 6) is 0.426. The van der Waals surface area contributed by atoms with Crippen LogP contribution in [0.1, 0.15) is 33.6 Å². The van der Waals surface area contributed by atoms with Crippen molar-refractivity contribution in [1.82, 2.24) is 10.3 Å². The van der Waals surface area contributed by atoms with Gasteiger partial charge in [-0.25, -0.2) is 9.78 Å². The maximum absolute atomic E-state index is 13.0. The smallest absolute Gasteiger partial charge is 0.339 e. The highest BCUT2D eigenvalue weighted by atomic mass is 16.5. The Morgan fingerprint density at radius 3 is 2.59 bits per heavy atom. The van der Waals surface area contributed by atoms with Crippen LogP contribution in [0.25, 0.3) is 22.6 Å². The van der Waals surface area contributed by atoms with Gasteiger partial charge in [0.1, 0.15) is 0 Å². The van der Waals surface area contributed by atoms with Gasteiger partial charge in [0.05, 0.1) is 31.0 Å². The van der Waals surface area contributed by atoms with Gasteiger partial charge in [-0.2, -0.15) is 0 Å². The summed E-state index contributed by atoms with van der Waals surface area (Å²) < 4.78 is 16.0. The van der Waals surface area contributed by atoms with E-state index in [9.17, 15) is 9.59 Å². The van der Waals surface area contributed by atoms with E-state index in [1.165, 1.54) is 7.05 Å². The summed E-state index contributed by atoms with van der Waals surface area (Å²) in [7, 11) is 4.70. The van der Waals surface area contributed by atoms with Crippen molar-refractivity contribution >= 4 is 34.4 Å². The van der Waals surface area contributed by atoms with E-state index in [2.05, 4.69) is 11.4 Å². The second kappa shape index (κ2) is 9.09. The fraction of sp³-hybridized carbons (Fsp3) is 0.240. The van der Waals surface area contributed by atoms with Crippen LogP contribution in [0.4, 0.5) is 0 Å². The molecule has 1 heterocycles. The second-order valence-corrected chi connectivity index (χ2v) is 7.36. The van der Waals surface area contributed by atoms with Gasteiger partial charge in [-0.3, -0.25) is 4.79 Å². The third-order valence-corrected chi connectivity index (χ3v) is 5.51. The lowest BCUT2D eigenvalue weighted by Crippen LogP contribution is -2.25. The number of likely N-dealkylation sites (N-methyl/N-ethyl adjacent to an activating group) is 1. The number of amides is 1. The number of pyridine rings is 1. The monoisotopic (exact) mass is 432 g/mol. The first-order valence-corrected chi connectivity index (χ1v) is 10.3. The van der Waals surface area contributed by atoms with Crippen LogP contribution in [0.5, 0.6) is 11.5 Å². The molecule has 1 N–H and O–H groups in total. The normalized spacial score (nSPS) is 13.7. The summed E-state index contributed by atoms with van der Waals surface area (Å²) in [6, 6.07) is 13.2.